The van der Waals surface area contributed by atoms with E-state index in [9.17, 15) is 19.2 Å². The normalized spacial score (nSPS) is 11.8. The number of benzene rings is 3. The maximum absolute atomic E-state index is 12.9. The van der Waals surface area contributed by atoms with Gasteiger partial charge in [0.2, 0.25) is 0 Å². The molecule has 5 aromatic rings. The molecule has 0 fully saturated rings. The maximum Gasteiger partial charge on any atom is 0.347 e. The summed E-state index contributed by atoms with van der Waals surface area (Å²) in [5.74, 6) is -0.978. The second kappa shape index (κ2) is 10.3. The van der Waals surface area contributed by atoms with E-state index < -0.39 is 29.2 Å². The summed E-state index contributed by atoms with van der Waals surface area (Å²) < 4.78 is 16.3. The summed E-state index contributed by atoms with van der Waals surface area (Å²) in [7, 11) is 0. The standard InChI is InChI=1S/C29H21NO7/c31-26(18-9-3-1-4-10-18)30-21(17-35-27(32)19-11-5-2-6-12-19)15-20-16-23-25(37-28(20)33)22-13-7-8-14-24(22)36-29(23)34/h1-14,16,21H,15,17H2,(H,30,31)/t21-/m0/s1. The van der Waals surface area contributed by atoms with Crippen molar-refractivity contribution < 1.29 is 23.2 Å². The Morgan fingerprint density at radius 2 is 1.41 bits per heavy atom. The molecule has 0 aliphatic heterocycles. The fourth-order valence-electron chi connectivity index (χ4n) is 4.01. The molecule has 1 N–H and O–H groups in total. The minimum atomic E-state index is -0.784. The molecule has 37 heavy (non-hydrogen) atoms. The van der Waals surface area contributed by atoms with E-state index in [1.54, 1.807) is 84.9 Å². The van der Waals surface area contributed by atoms with E-state index in [4.69, 9.17) is 13.6 Å². The topological polar surface area (TPSA) is 116 Å². The first-order valence-corrected chi connectivity index (χ1v) is 11.6. The van der Waals surface area contributed by atoms with Crippen molar-refractivity contribution in [1.29, 1.82) is 0 Å². The van der Waals surface area contributed by atoms with E-state index in [1.807, 2.05) is 0 Å². The number of hydrogen-bond donors (Lipinski definition) is 1. The zero-order valence-corrected chi connectivity index (χ0v) is 19.5. The smallest absolute Gasteiger partial charge is 0.347 e. The molecule has 184 valence electrons. The third-order valence-corrected chi connectivity index (χ3v) is 5.84. The zero-order chi connectivity index (χ0) is 25.8. The molecule has 0 aliphatic carbocycles. The molecule has 0 aliphatic rings. The van der Waals surface area contributed by atoms with Crippen molar-refractivity contribution in [3.8, 4) is 0 Å². The van der Waals surface area contributed by atoms with Gasteiger partial charge < -0.3 is 18.9 Å². The summed E-state index contributed by atoms with van der Waals surface area (Å²) in [4.78, 5) is 50.9. The first-order chi connectivity index (χ1) is 18.0. The number of rotatable bonds is 7. The second-order valence-corrected chi connectivity index (χ2v) is 8.39. The van der Waals surface area contributed by atoms with Crippen LogP contribution in [0.25, 0.3) is 21.9 Å². The Bertz CT molecular complexity index is 1710. The Labute approximate surface area is 210 Å². The van der Waals surface area contributed by atoms with Gasteiger partial charge in [-0.05, 0) is 42.5 Å². The molecule has 5 rings (SSSR count). The summed E-state index contributed by atoms with van der Waals surface area (Å²) in [6.07, 6.45) is -0.0504. The lowest BCUT2D eigenvalue weighted by atomic mass is 10.1. The van der Waals surface area contributed by atoms with Gasteiger partial charge in [-0.1, -0.05) is 48.5 Å². The van der Waals surface area contributed by atoms with Crippen LogP contribution in [-0.4, -0.2) is 24.5 Å². The van der Waals surface area contributed by atoms with Crippen molar-refractivity contribution in [3.05, 3.63) is 129 Å². The predicted molar refractivity (Wildman–Crippen MR) is 137 cm³/mol. The molecule has 0 radical (unpaired) electrons. The molecule has 2 heterocycles. The van der Waals surface area contributed by atoms with E-state index >= 15 is 0 Å². The van der Waals surface area contributed by atoms with Gasteiger partial charge in [-0.2, -0.15) is 0 Å². The fourth-order valence-corrected chi connectivity index (χ4v) is 4.01. The lowest BCUT2D eigenvalue weighted by Gasteiger charge is -2.19. The van der Waals surface area contributed by atoms with Crippen LogP contribution < -0.4 is 16.6 Å². The van der Waals surface area contributed by atoms with Crippen molar-refractivity contribution in [1.82, 2.24) is 5.32 Å². The number of ether oxygens (including phenoxy) is 1. The fraction of sp³-hybridized carbons (Fsp3) is 0.103. The molecule has 0 spiro atoms. The first-order valence-electron chi connectivity index (χ1n) is 11.6. The molecule has 0 saturated carbocycles. The molecule has 1 amide bonds. The molecule has 0 bridgehead atoms. The van der Waals surface area contributed by atoms with Gasteiger partial charge in [0.1, 0.15) is 17.6 Å². The monoisotopic (exact) mass is 495 g/mol. The summed E-state index contributed by atoms with van der Waals surface area (Å²) in [6, 6.07) is 24.3. The van der Waals surface area contributed by atoms with Crippen molar-refractivity contribution in [2.24, 2.45) is 0 Å². The van der Waals surface area contributed by atoms with Gasteiger partial charge >= 0.3 is 17.2 Å². The Hall–Kier alpha value is -4.98. The lowest BCUT2D eigenvalue weighted by molar-refractivity contribution is 0.0456. The minimum Gasteiger partial charge on any atom is -0.460 e. The van der Waals surface area contributed by atoms with Crippen LogP contribution in [0.1, 0.15) is 26.3 Å². The van der Waals surface area contributed by atoms with E-state index in [1.165, 1.54) is 6.07 Å². The van der Waals surface area contributed by atoms with E-state index in [0.29, 0.717) is 22.1 Å². The number of para-hydroxylation sites is 1. The molecule has 0 saturated heterocycles. The second-order valence-electron chi connectivity index (χ2n) is 8.39. The molecule has 1 atom stereocenters. The highest BCUT2D eigenvalue weighted by Crippen LogP contribution is 2.22. The third kappa shape index (κ3) is 5.18. The number of carbonyl (C=O) groups is 2. The first kappa shape index (κ1) is 23.7. The lowest BCUT2D eigenvalue weighted by Crippen LogP contribution is -2.41. The Balaban J connectivity index is 1.46. The van der Waals surface area contributed by atoms with Crippen molar-refractivity contribution in [2.75, 3.05) is 6.61 Å². The third-order valence-electron chi connectivity index (χ3n) is 5.84. The average Bonchev–Trinajstić information content (AvgIpc) is 2.93. The molecule has 3 aromatic carbocycles. The quantitative estimate of drug-likeness (QED) is 0.205. The number of fused-ring (bicyclic) bond motifs is 3. The maximum atomic E-state index is 12.9. The number of esters is 1. The van der Waals surface area contributed by atoms with Crippen LogP contribution in [0.5, 0.6) is 0 Å². The van der Waals surface area contributed by atoms with Crippen molar-refractivity contribution in [2.45, 2.75) is 12.5 Å². The van der Waals surface area contributed by atoms with Crippen LogP contribution >= 0.6 is 0 Å². The number of hydrogen-bond acceptors (Lipinski definition) is 7. The van der Waals surface area contributed by atoms with E-state index in [2.05, 4.69) is 5.32 Å². The van der Waals surface area contributed by atoms with Gasteiger partial charge in [-0.3, -0.25) is 4.79 Å². The molecular formula is C29H21NO7. The van der Waals surface area contributed by atoms with Crippen molar-refractivity contribution in [3.63, 3.8) is 0 Å². The van der Waals surface area contributed by atoms with Crippen LogP contribution in [0.3, 0.4) is 0 Å². The highest BCUT2D eigenvalue weighted by Gasteiger charge is 2.21. The van der Waals surface area contributed by atoms with Crippen LogP contribution in [0.2, 0.25) is 0 Å². The number of amides is 1. The largest absolute Gasteiger partial charge is 0.460 e. The Morgan fingerprint density at radius 1 is 0.757 bits per heavy atom. The average molecular weight is 495 g/mol. The highest BCUT2D eigenvalue weighted by molar-refractivity contribution is 6.00. The van der Waals surface area contributed by atoms with E-state index in [0.717, 1.165) is 0 Å². The summed E-state index contributed by atoms with van der Waals surface area (Å²) in [5, 5.41) is 3.40. The summed E-state index contributed by atoms with van der Waals surface area (Å²) in [6.45, 7) is -0.212. The zero-order valence-electron chi connectivity index (χ0n) is 19.5. The van der Waals surface area contributed by atoms with E-state index in [-0.39, 0.29) is 29.6 Å². The Morgan fingerprint density at radius 3 is 2.14 bits per heavy atom. The van der Waals surface area contributed by atoms with Crippen molar-refractivity contribution >= 4 is 33.8 Å². The highest BCUT2D eigenvalue weighted by atomic mass is 16.5. The van der Waals surface area contributed by atoms with Gasteiger partial charge in [-0.25, -0.2) is 14.4 Å². The van der Waals surface area contributed by atoms with Crippen LogP contribution in [0.4, 0.5) is 0 Å². The molecule has 8 nitrogen and oxygen atoms in total. The van der Waals surface area contributed by atoms with Gasteiger partial charge in [-0.15, -0.1) is 0 Å². The van der Waals surface area contributed by atoms with Crippen LogP contribution in [0, 0.1) is 0 Å². The summed E-state index contributed by atoms with van der Waals surface area (Å²) >= 11 is 0. The Kier molecular flexibility index (Phi) is 6.63. The predicted octanol–water partition coefficient (Wildman–Crippen LogP) is 4.10. The minimum absolute atomic E-state index is 0.0504. The number of carbonyl (C=O) groups excluding carboxylic acids is 2. The van der Waals surface area contributed by atoms with Gasteiger partial charge in [0, 0.05) is 17.5 Å². The van der Waals surface area contributed by atoms with Gasteiger partial charge in [0.25, 0.3) is 5.91 Å². The van der Waals surface area contributed by atoms with Crippen LogP contribution in [0.15, 0.2) is 109 Å². The number of nitrogens with one attached hydrogen (secondary N) is 1. The molecule has 8 heteroatoms. The van der Waals surface area contributed by atoms with Gasteiger partial charge in [0.15, 0.2) is 5.58 Å². The van der Waals surface area contributed by atoms with Crippen LogP contribution in [-0.2, 0) is 11.2 Å². The summed E-state index contributed by atoms with van der Waals surface area (Å²) in [5.41, 5.74) is -0.0116. The molecule has 2 aromatic heterocycles. The SMILES string of the molecule is O=C(N[C@H](COC(=O)c1ccccc1)Cc1cc2c(=O)oc3ccccc3c2oc1=O)c1ccccc1. The molecule has 0 unspecified atom stereocenters. The van der Waals surface area contributed by atoms with Gasteiger partial charge in [0.05, 0.1) is 17.0 Å². The molecular weight excluding hydrogens is 474 g/mol.